The molecular weight excluding hydrogens is 234 g/mol. The lowest BCUT2D eigenvalue weighted by Crippen LogP contribution is -2.43. The molecule has 0 bridgehead atoms. The van der Waals surface area contributed by atoms with Gasteiger partial charge in [0.05, 0.1) is 0 Å². The van der Waals surface area contributed by atoms with Crippen molar-refractivity contribution < 1.29 is 0 Å². The summed E-state index contributed by atoms with van der Waals surface area (Å²) in [5.74, 6) is 2.41. The van der Waals surface area contributed by atoms with Crippen molar-refractivity contribution in [3.8, 4) is 0 Å². The predicted octanol–water partition coefficient (Wildman–Crippen LogP) is 2.66. The third-order valence-electron chi connectivity index (χ3n) is 4.37. The van der Waals surface area contributed by atoms with Gasteiger partial charge in [-0.1, -0.05) is 31.2 Å². The van der Waals surface area contributed by atoms with Crippen LogP contribution in [0.5, 0.6) is 0 Å². The summed E-state index contributed by atoms with van der Waals surface area (Å²) in [6.45, 7) is 5.19. The summed E-state index contributed by atoms with van der Waals surface area (Å²) in [4.78, 5) is 7.01. The van der Waals surface area contributed by atoms with Gasteiger partial charge in [0, 0.05) is 24.7 Å². The fraction of sp³-hybridized carbons (Fsp3) is 0.438. The van der Waals surface area contributed by atoms with Crippen LogP contribution in [0, 0.1) is 11.8 Å². The average molecular weight is 255 g/mol. The van der Waals surface area contributed by atoms with E-state index < -0.39 is 0 Å². The van der Waals surface area contributed by atoms with Crippen LogP contribution in [-0.4, -0.2) is 24.6 Å². The van der Waals surface area contributed by atoms with Crippen molar-refractivity contribution in [1.82, 2.24) is 4.98 Å². The van der Waals surface area contributed by atoms with Gasteiger partial charge in [0.2, 0.25) is 0 Å². The summed E-state index contributed by atoms with van der Waals surface area (Å²) >= 11 is 0. The number of benzene rings is 1. The molecule has 19 heavy (non-hydrogen) atoms. The molecule has 3 heteroatoms. The Labute approximate surface area is 114 Å². The molecule has 1 aromatic heterocycles. The first-order valence-electron chi connectivity index (χ1n) is 7.08. The number of piperidine rings is 1. The number of aromatic nitrogens is 1. The van der Waals surface area contributed by atoms with E-state index in [1.807, 2.05) is 6.20 Å². The predicted molar refractivity (Wildman–Crippen MR) is 80.3 cm³/mol. The van der Waals surface area contributed by atoms with E-state index in [4.69, 9.17) is 5.73 Å². The lowest BCUT2D eigenvalue weighted by atomic mass is 9.87. The number of hydrogen-bond acceptors (Lipinski definition) is 3. The second-order valence-corrected chi connectivity index (χ2v) is 5.56. The molecule has 1 aromatic carbocycles. The lowest BCUT2D eigenvalue weighted by Gasteiger charge is -2.37. The highest BCUT2D eigenvalue weighted by atomic mass is 15.2. The molecule has 2 N–H and O–H groups in total. The Bertz CT molecular complexity index is 561. The molecule has 1 aliphatic heterocycles. The highest BCUT2D eigenvalue weighted by molar-refractivity contribution is 5.92. The van der Waals surface area contributed by atoms with Gasteiger partial charge in [-0.3, -0.25) is 0 Å². The summed E-state index contributed by atoms with van der Waals surface area (Å²) < 4.78 is 0. The Morgan fingerprint density at radius 2 is 2.16 bits per heavy atom. The molecule has 0 radical (unpaired) electrons. The molecule has 2 atom stereocenters. The first kappa shape index (κ1) is 12.4. The third-order valence-corrected chi connectivity index (χ3v) is 4.37. The fourth-order valence-electron chi connectivity index (χ4n) is 3.00. The molecule has 100 valence electrons. The van der Waals surface area contributed by atoms with Crippen molar-refractivity contribution in [2.75, 3.05) is 24.5 Å². The van der Waals surface area contributed by atoms with Crippen molar-refractivity contribution in [3.63, 3.8) is 0 Å². The molecule has 0 aliphatic carbocycles. The molecule has 3 nitrogen and oxygen atoms in total. The number of nitrogens with zero attached hydrogens (tertiary/aromatic N) is 2. The lowest BCUT2D eigenvalue weighted by molar-refractivity contribution is 0.307. The molecule has 1 aliphatic rings. The Balaban J connectivity index is 1.96. The molecule has 0 saturated carbocycles. The normalized spacial score (nSPS) is 23.8. The molecule has 0 amide bonds. The Morgan fingerprint density at radius 1 is 1.32 bits per heavy atom. The van der Waals surface area contributed by atoms with E-state index in [0.717, 1.165) is 31.4 Å². The quantitative estimate of drug-likeness (QED) is 0.897. The van der Waals surface area contributed by atoms with Gasteiger partial charge >= 0.3 is 0 Å². The first-order chi connectivity index (χ1) is 9.29. The van der Waals surface area contributed by atoms with E-state index in [9.17, 15) is 0 Å². The Kier molecular flexibility index (Phi) is 3.38. The number of pyridine rings is 1. The van der Waals surface area contributed by atoms with E-state index in [0.29, 0.717) is 5.92 Å². The topological polar surface area (TPSA) is 42.2 Å². The highest BCUT2D eigenvalue weighted by Gasteiger charge is 2.26. The van der Waals surface area contributed by atoms with Gasteiger partial charge in [0.1, 0.15) is 5.82 Å². The Hall–Kier alpha value is -1.61. The molecule has 3 rings (SSSR count). The van der Waals surface area contributed by atoms with Crippen molar-refractivity contribution in [2.24, 2.45) is 17.6 Å². The molecule has 1 saturated heterocycles. The zero-order chi connectivity index (χ0) is 13.2. The van der Waals surface area contributed by atoms with Crippen LogP contribution in [0.3, 0.4) is 0 Å². The fourth-order valence-corrected chi connectivity index (χ4v) is 3.00. The number of anilines is 1. The summed E-state index contributed by atoms with van der Waals surface area (Å²) in [6.07, 6.45) is 3.11. The second-order valence-electron chi connectivity index (χ2n) is 5.56. The van der Waals surface area contributed by atoms with Crippen LogP contribution < -0.4 is 10.6 Å². The van der Waals surface area contributed by atoms with Gasteiger partial charge in [-0.05, 0) is 36.3 Å². The van der Waals surface area contributed by atoms with Gasteiger partial charge in [-0.25, -0.2) is 4.98 Å². The van der Waals surface area contributed by atoms with Crippen LogP contribution in [0.2, 0.25) is 0 Å². The van der Waals surface area contributed by atoms with Crippen LogP contribution in [0.25, 0.3) is 10.8 Å². The molecule has 1 fully saturated rings. The van der Waals surface area contributed by atoms with Crippen LogP contribution >= 0.6 is 0 Å². The van der Waals surface area contributed by atoms with E-state index in [-0.39, 0.29) is 0 Å². The number of fused-ring (bicyclic) bond motifs is 1. The molecular formula is C16H21N3. The minimum atomic E-state index is 0.578. The summed E-state index contributed by atoms with van der Waals surface area (Å²) in [7, 11) is 0. The van der Waals surface area contributed by atoms with E-state index in [2.05, 4.69) is 47.1 Å². The summed E-state index contributed by atoms with van der Waals surface area (Å²) in [5.41, 5.74) is 5.90. The Morgan fingerprint density at radius 3 is 3.00 bits per heavy atom. The van der Waals surface area contributed by atoms with Gasteiger partial charge in [0.15, 0.2) is 0 Å². The monoisotopic (exact) mass is 255 g/mol. The second kappa shape index (κ2) is 5.17. The van der Waals surface area contributed by atoms with E-state index >= 15 is 0 Å². The van der Waals surface area contributed by atoms with Gasteiger partial charge < -0.3 is 10.6 Å². The standard InChI is InChI=1S/C16H21N3/c1-12-7-9-19(11-14(12)10-17)16-15-5-3-2-4-13(15)6-8-18-16/h2-6,8,12,14H,7,9-11,17H2,1H3. The summed E-state index contributed by atoms with van der Waals surface area (Å²) in [6, 6.07) is 10.5. The minimum absolute atomic E-state index is 0.578. The maximum atomic E-state index is 5.90. The molecule has 2 aromatic rings. The third kappa shape index (κ3) is 2.30. The molecule has 2 unspecified atom stereocenters. The average Bonchev–Trinajstić information content (AvgIpc) is 2.47. The van der Waals surface area contributed by atoms with Crippen molar-refractivity contribution >= 4 is 16.6 Å². The molecule has 0 spiro atoms. The van der Waals surface area contributed by atoms with Crippen molar-refractivity contribution in [1.29, 1.82) is 0 Å². The maximum absolute atomic E-state index is 5.90. The van der Waals surface area contributed by atoms with E-state index in [1.54, 1.807) is 0 Å². The number of hydrogen-bond donors (Lipinski definition) is 1. The van der Waals surface area contributed by atoms with Crippen LogP contribution in [0.4, 0.5) is 5.82 Å². The summed E-state index contributed by atoms with van der Waals surface area (Å²) in [5, 5.41) is 2.51. The zero-order valence-electron chi connectivity index (χ0n) is 11.4. The van der Waals surface area contributed by atoms with Gasteiger partial charge in [0.25, 0.3) is 0 Å². The minimum Gasteiger partial charge on any atom is -0.356 e. The highest BCUT2D eigenvalue weighted by Crippen LogP contribution is 2.30. The SMILES string of the molecule is CC1CCN(c2nccc3ccccc23)CC1CN. The number of nitrogens with two attached hydrogens (primary N) is 1. The maximum Gasteiger partial charge on any atom is 0.136 e. The van der Waals surface area contributed by atoms with Gasteiger partial charge in [-0.2, -0.15) is 0 Å². The van der Waals surface area contributed by atoms with Crippen molar-refractivity contribution in [3.05, 3.63) is 36.5 Å². The van der Waals surface area contributed by atoms with Crippen LogP contribution in [0.15, 0.2) is 36.5 Å². The smallest absolute Gasteiger partial charge is 0.136 e. The largest absolute Gasteiger partial charge is 0.356 e. The van der Waals surface area contributed by atoms with Gasteiger partial charge in [-0.15, -0.1) is 0 Å². The molecule has 2 heterocycles. The van der Waals surface area contributed by atoms with Crippen molar-refractivity contribution in [2.45, 2.75) is 13.3 Å². The number of rotatable bonds is 2. The first-order valence-corrected chi connectivity index (χ1v) is 7.08. The zero-order valence-corrected chi connectivity index (χ0v) is 11.4. The van der Waals surface area contributed by atoms with E-state index in [1.165, 1.54) is 17.2 Å². The van der Waals surface area contributed by atoms with Crippen LogP contribution in [-0.2, 0) is 0 Å². The van der Waals surface area contributed by atoms with Crippen LogP contribution in [0.1, 0.15) is 13.3 Å².